The fourth-order valence-electron chi connectivity index (χ4n) is 1.44. The number of hydrogen-bond donors (Lipinski definition) is 1. The first-order chi connectivity index (χ1) is 7.76. The van der Waals surface area contributed by atoms with Crippen LogP contribution in [0.5, 0.6) is 0 Å². The highest BCUT2D eigenvalue weighted by atomic mass is 32.2. The highest BCUT2D eigenvalue weighted by molar-refractivity contribution is 7.89. The van der Waals surface area contributed by atoms with E-state index >= 15 is 0 Å². The lowest BCUT2D eigenvalue weighted by Crippen LogP contribution is -2.26. The van der Waals surface area contributed by atoms with Crippen LogP contribution in [0.25, 0.3) is 0 Å². The Balaban J connectivity index is 3.11. The van der Waals surface area contributed by atoms with E-state index in [1.54, 1.807) is 14.1 Å². The highest BCUT2D eigenvalue weighted by Gasteiger charge is 2.24. The van der Waals surface area contributed by atoms with Gasteiger partial charge in [0, 0.05) is 31.6 Å². The van der Waals surface area contributed by atoms with Crippen LogP contribution in [-0.2, 0) is 16.6 Å². The Hall–Kier alpha value is -0.430. The molecule has 1 heterocycles. The summed E-state index contributed by atoms with van der Waals surface area (Å²) in [5.74, 6) is 0. The molecule has 4 nitrogen and oxygen atoms in total. The second-order valence-electron chi connectivity index (χ2n) is 4.49. The fraction of sp³-hybridized carbons (Fsp3) is 0.636. The normalized spacial score (nSPS) is 12.6. The average molecular weight is 276 g/mol. The number of nitrogens with zero attached hydrogens (tertiary/aromatic N) is 1. The van der Waals surface area contributed by atoms with E-state index in [0.29, 0.717) is 17.5 Å². The van der Waals surface area contributed by atoms with Gasteiger partial charge >= 0.3 is 0 Å². The molecule has 0 aliphatic carbocycles. The predicted octanol–water partition coefficient (Wildman–Crippen LogP) is 1.80. The molecule has 0 atom stereocenters. The molecule has 0 aromatic carbocycles. The van der Waals surface area contributed by atoms with Crippen molar-refractivity contribution in [3.8, 4) is 0 Å². The molecular weight excluding hydrogens is 256 g/mol. The van der Waals surface area contributed by atoms with Crippen molar-refractivity contribution >= 4 is 21.4 Å². The summed E-state index contributed by atoms with van der Waals surface area (Å²) in [6, 6.07) is 0.340. The molecule has 0 spiro atoms. The van der Waals surface area contributed by atoms with Crippen LogP contribution in [0.4, 0.5) is 0 Å². The van der Waals surface area contributed by atoms with Gasteiger partial charge in [0.05, 0.1) is 0 Å². The van der Waals surface area contributed by atoms with Gasteiger partial charge < -0.3 is 5.32 Å². The Morgan fingerprint density at radius 1 is 1.41 bits per heavy atom. The van der Waals surface area contributed by atoms with Crippen molar-refractivity contribution in [2.45, 2.75) is 38.3 Å². The third kappa shape index (κ3) is 3.28. The summed E-state index contributed by atoms with van der Waals surface area (Å²) in [5.41, 5.74) is 0.823. The van der Waals surface area contributed by atoms with Gasteiger partial charge in [0.25, 0.3) is 0 Å². The summed E-state index contributed by atoms with van der Waals surface area (Å²) in [6.45, 7) is 6.52. The highest BCUT2D eigenvalue weighted by Crippen LogP contribution is 2.28. The topological polar surface area (TPSA) is 49.4 Å². The molecule has 0 saturated carbocycles. The van der Waals surface area contributed by atoms with E-state index in [4.69, 9.17) is 0 Å². The lowest BCUT2D eigenvalue weighted by Gasteiger charge is -2.14. The van der Waals surface area contributed by atoms with E-state index in [9.17, 15) is 8.42 Å². The summed E-state index contributed by atoms with van der Waals surface area (Å²) in [6.07, 6.45) is 0. The van der Waals surface area contributed by atoms with Gasteiger partial charge in [0.1, 0.15) is 4.90 Å². The minimum atomic E-state index is -3.34. The molecular formula is C11H20N2O2S2. The largest absolute Gasteiger partial charge is 0.310 e. The molecule has 0 fully saturated rings. The zero-order valence-electron chi connectivity index (χ0n) is 10.9. The van der Waals surface area contributed by atoms with E-state index in [-0.39, 0.29) is 0 Å². The molecule has 1 N–H and O–H groups in total. The van der Waals surface area contributed by atoms with Crippen LogP contribution in [-0.4, -0.2) is 32.9 Å². The average Bonchev–Trinajstić information content (AvgIpc) is 2.56. The van der Waals surface area contributed by atoms with Gasteiger partial charge in [-0.2, -0.15) is 0 Å². The molecule has 0 bridgehead atoms. The van der Waals surface area contributed by atoms with E-state index in [1.165, 1.54) is 15.6 Å². The molecule has 0 saturated heterocycles. The number of hydrogen-bond acceptors (Lipinski definition) is 4. The Kier molecular flexibility index (Phi) is 4.71. The SMILES string of the molecule is Cc1csc(CNC(C)C)c1S(=O)(=O)N(C)C. The van der Waals surface area contributed by atoms with Gasteiger partial charge in [-0.25, -0.2) is 12.7 Å². The molecule has 0 aliphatic rings. The van der Waals surface area contributed by atoms with E-state index < -0.39 is 10.0 Å². The third-order valence-corrected chi connectivity index (χ3v) is 5.68. The molecule has 1 aromatic heterocycles. The monoisotopic (exact) mass is 276 g/mol. The maximum atomic E-state index is 12.2. The van der Waals surface area contributed by atoms with Crippen molar-refractivity contribution in [2.24, 2.45) is 0 Å². The lowest BCUT2D eigenvalue weighted by atomic mass is 10.3. The van der Waals surface area contributed by atoms with Crippen LogP contribution < -0.4 is 5.32 Å². The number of nitrogens with one attached hydrogen (secondary N) is 1. The van der Waals surface area contributed by atoms with E-state index in [2.05, 4.69) is 5.32 Å². The maximum absolute atomic E-state index is 12.2. The van der Waals surface area contributed by atoms with E-state index in [1.807, 2.05) is 26.2 Å². The minimum Gasteiger partial charge on any atom is -0.310 e. The molecule has 17 heavy (non-hydrogen) atoms. The first kappa shape index (κ1) is 14.6. The Morgan fingerprint density at radius 3 is 2.47 bits per heavy atom. The molecule has 1 rings (SSSR count). The van der Waals surface area contributed by atoms with Crippen molar-refractivity contribution in [3.05, 3.63) is 15.8 Å². The standard InChI is InChI=1S/C11H20N2O2S2/c1-8(2)12-6-10-11(9(3)7-16-10)17(14,15)13(4)5/h7-8,12H,6H2,1-5H3. The molecule has 0 unspecified atom stereocenters. The fourth-order valence-corrected chi connectivity index (χ4v) is 4.03. The van der Waals surface area contributed by atoms with Crippen molar-refractivity contribution in [1.82, 2.24) is 9.62 Å². The zero-order valence-corrected chi connectivity index (χ0v) is 12.6. The number of aryl methyl sites for hydroxylation is 1. The molecule has 0 radical (unpaired) electrons. The first-order valence-corrected chi connectivity index (χ1v) is 7.81. The molecule has 1 aromatic rings. The second-order valence-corrected chi connectivity index (χ2v) is 7.55. The Morgan fingerprint density at radius 2 is 2.00 bits per heavy atom. The molecule has 6 heteroatoms. The second kappa shape index (κ2) is 5.48. The lowest BCUT2D eigenvalue weighted by molar-refractivity contribution is 0.517. The van der Waals surface area contributed by atoms with Crippen LogP contribution >= 0.6 is 11.3 Å². The first-order valence-electron chi connectivity index (χ1n) is 5.49. The van der Waals surface area contributed by atoms with E-state index in [0.717, 1.165) is 10.4 Å². The van der Waals surface area contributed by atoms with Crippen molar-refractivity contribution in [3.63, 3.8) is 0 Å². The number of rotatable bonds is 5. The molecule has 98 valence electrons. The van der Waals surface area contributed by atoms with Crippen LogP contribution in [0.15, 0.2) is 10.3 Å². The Labute approximate surface area is 108 Å². The van der Waals surface area contributed by atoms with Gasteiger partial charge in [-0.05, 0) is 17.9 Å². The van der Waals surface area contributed by atoms with Crippen LogP contribution in [0.2, 0.25) is 0 Å². The summed E-state index contributed by atoms with van der Waals surface area (Å²) < 4.78 is 25.6. The van der Waals surface area contributed by atoms with Gasteiger partial charge in [-0.1, -0.05) is 13.8 Å². The van der Waals surface area contributed by atoms with Crippen LogP contribution in [0.3, 0.4) is 0 Å². The summed E-state index contributed by atoms with van der Waals surface area (Å²) in [5, 5.41) is 5.15. The quantitative estimate of drug-likeness (QED) is 0.892. The van der Waals surface area contributed by atoms with Crippen LogP contribution in [0.1, 0.15) is 24.3 Å². The minimum absolute atomic E-state index is 0.340. The van der Waals surface area contributed by atoms with Crippen molar-refractivity contribution < 1.29 is 8.42 Å². The maximum Gasteiger partial charge on any atom is 0.243 e. The summed E-state index contributed by atoms with van der Waals surface area (Å²) >= 11 is 1.49. The predicted molar refractivity (Wildman–Crippen MR) is 71.9 cm³/mol. The molecule has 0 amide bonds. The zero-order chi connectivity index (χ0) is 13.2. The van der Waals surface area contributed by atoms with Crippen molar-refractivity contribution in [2.75, 3.05) is 14.1 Å². The Bertz CT molecular complexity index is 476. The van der Waals surface area contributed by atoms with Gasteiger partial charge in [0.2, 0.25) is 10.0 Å². The van der Waals surface area contributed by atoms with Crippen LogP contribution in [0, 0.1) is 6.92 Å². The third-order valence-electron chi connectivity index (χ3n) is 2.40. The molecule has 0 aliphatic heterocycles. The number of thiophene rings is 1. The van der Waals surface area contributed by atoms with Gasteiger partial charge in [-0.3, -0.25) is 0 Å². The number of sulfonamides is 1. The van der Waals surface area contributed by atoms with Gasteiger partial charge in [0.15, 0.2) is 0 Å². The summed E-state index contributed by atoms with van der Waals surface area (Å²) in [7, 11) is -0.216. The van der Waals surface area contributed by atoms with Gasteiger partial charge in [-0.15, -0.1) is 11.3 Å². The smallest absolute Gasteiger partial charge is 0.243 e. The van der Waals surface area contributed by atoms with Crippen molar-refractivity contribution in [1.29, 1.82) is 0 Å². The summed E-state index contributed by atoms with van der Waals surface area (Å²) in [4.78, 5) is 1.34.